The monoisotopic (exact) mass is 303 g/mol. The van der Waals surface area contributed by atoms with Crippen molar-refractivity contribution in [2.75, 3.05) is 5.73 Å². The second-order valence-electron chi connectivity index (χ2n) is 3.10. The second kappa shape index (κ2) is 6.39. The van der Waals surface area contributed by atoms with Crippen LogP contribution in [0.3, 0.4) is 0 Å². The van der Waals surface area contributed by atoms with E-state index in [0.717, 1.165) is 35.2 Å². The third-order valence-corrected chi connectivity index (χ3v) is 4.16. The number of hydrogen-bond donors (Lipinski definition) is 1. The summed E-state index contributed by atoms with van der Waals surface area (Å²) in [6.45, 7) is 2.00. The summed E-state index contributed by atoms with van der Waals surface area (Å²) in [5.41, 5.74) is 7.53. The van der Waals surface area contributed by atoms with Crippen LogP contribution in [0.15, 0.2) is 24.3 Å². The van der Waals surface area contributed by atoms with Crippen molar-refractivity contribution < 1.29 is 33.6 Å². The van der Waals surface area contributed by atoms with Gasteiger partial charge in [0.05, 0.1) is 0 Å². The minimum atomic E-state index is -5.33. The first-order valence-corrected chi connectivity index (χ1v) is 7.28. The van der Waals surface area contributed by atoms with Crippen LogP contribution in [0.1, 0.15) is 5.56 Å². The Kier molecular flexibility index (Phi) is 5.53. The zero-order chi connectivity index (χ0) is 15.0. The van der Waals surface area contributed by atoms with E-state index >= 15 is 0 Å². The van der Waals surface area contributed by atoms with Gasteiger partial charge in [-0.1, -0.05) is 18.2 Å². The third-order valence-electron chi connectivity index (χ3n) is 1.91. The van der Waals surface area contributed by atoms with Gasteiger partial charge in [0.2, 0.25) is 0 Å². The fourth-order valence-corrected chi connectivity index (χ4v) is 1.19. The van der Waals surface area contributed by atoms with Crippen LogP contribution < -0.4 is 5.73 Å². The van der Waals surface area contributed by atoms with Crippen molar-refractivity contribution in [1.29, 1.82) is 0 Å². The molecule has 0 atom stereocenters. The van der Waals surface area contributed by atoms with Gasteiger partial charge in [-0.2, -0.15) is 0 Å². The van der Waals surface area contributed by atoms with Crippen LogP contribution in [0.2, 0.25) is 0 Å². The summed E-state index contributed by atoms with van der Waals surface area (Å²) in [6, 6.07) is 7.80. The van der Waals surface area contributed by atoms with E-state index < -0.39 is 9.60 Å². The molecular formula is C12H9FeNO5. The van der Waals surface area contributed by atoms with Gasteiger partial charge in [0.15, 0.2) is 0 Å². The number of para-hydroxylation sites is 1. The Balaban J connectivity index is 0.000000356. The summed E-state index contributed by atoms with van der Waals surface area (Å²) < 4.78 is 0. The molecule has 0 amide bonds. The molecular weight excluding hydrogens is 294 g/mol. The fraction of sp³-hybridized carbons (Fsp3) is 0.0833. The Morgan fingerprint density at radius 3 is 1.37 bits per heavy atom. The number of rotatable bonds is 0. The van der Waals surface area contributed by atoms with Gasteiger partial charge < -0.3 is 5.73 Å². The maximum atomic E-state index is 9.96. The van der Waals surface area contributed by atoms with Crippen LogP contribution in [-0.4, -0.2) is 23.9 Å². The van der Waals surface area contributed by atoms with Gasteiger partial charge in [-0.3, -0.25) is 0 Å². The zero-order valence-corrected chi connectivity index (χ0v) is 10.9. The van der Waals surface area contributed by atoms with E-state index in [-0.39, 0.29) is 0 Å². The van der Waals surface area contributed by atoms with Crippen LogP contribution in [0.5, 0.6) is 0 Å². The van der Waals surface area contributed by atoms with Gasteiger partial charge in [0.1, 0.15) is 0 Å². The van der Waals surface area contributed by atoms with Crippen molar-refractivity contribution in [1.82, 2.24) is 0 Å². The van der Waals surface area contributed by atoms with Crippen molar-refractivity contribution >= 4 is 29.6 Å². The molecule has 1 aromatic carbocycles. The first-order valence-electron chi connectivity index (χ1n) is 4.52. The minimum absolute atomic E-state index is 0.725. The standard InChI is InChI=1S/C7H9N.5CO.Fe/c1-6-4-2-3-5-7(6)8;5*1-2;/h2-5H,8H2,1H3;;;;;;. The number of hydrogen-bond acceptors (Lipinski definition) is 6. The molecule has 0 radical (unpaired) electrons. The van der Waals surface area contributed by atoms with E-state index in [1.54, 1.807) is 0 Å². The molecule has 0 bridgehead atoms. The summed E-state index contributed by atoms with van der Waals surface area (Å²) >= 11 is 0. The second-order valence-corrected chi connectivity index (χ2v) is 6.99. The molecule has 0 aliphatic carbocycles. The Hall–Kier alpha value is -2.56. The average Bonchev–Trinajstić information content (AvgIpc) is 2.47. The van der Waals surface area contributed by atoms with Crippen molar-refractivity contribution in [2.24, 2.45) is 0 Å². The predicted molar refractivity (Wildman–Crippen MR) is 64.1 cm³/mol. The first-order chi connectivity index (χ1) is 8.92. The van der Waals surface area contributed by atoms with E-state index in [9.17, 15) is 24.0 Å². The molecule has 0 saturated carbocycles. The quantitative estimate of drug-likeness (QED) is 0.515. The van der Waals surface area contributed by atoms with E-state index in [2.05, 4.69) is 0 Å². The SMILES string of the molecule is Cc1ccccc1N.O=[C]=[Fe](=[C]=O)(=[C]=O)(=[C]=O)=[C]=O. The molecule has 0 aliphatic rings. The van der Waals surface area contributed by atoms with Crippen LogP contribution in [0, 0.1) is 6.92 Å². The molecule has 2 N–H and O–H groups in total. The summed E-state index contributed by atoms with van der Waals surface area (Å²) in [5, 5.41) is 0. The number of nitrogens with two attached hydrogens (primary N) is 1. The number of anilines is 1. The molecule has 0 fully saturated rings. The Labute approximate surface area is 106 Å². The molecule has 1 aromatic rings. The number of aryl methyl sites for hydroxylation is 1. The van der Waals surface area contributed by atoms with Crippen molar-refractivity contribution in [3.8, 4) is 0 Å². The van der Waals surface area contributed by atoms with Gasteiger partial charge in [-0.25, -0.2) is 0 Å². The molecule has 100 valence electrons. The molecule has 0 unspecified atom stereocenters. The van der Waals surface area contributed by atoms with Gasteiger partial charge in [-0.05, 0) is 18.6 Å². The molecule has 0 spiro atoms. The van der Waals surface area contributed by atoms with Gasteiger partial charge in [-0.15, -0.1) is 0 Å². The van der Waals surface area contributed by atoms with Gasteiger partial charge in [0, 0.05) is 5.69 Å². The predicted octanol–water partition coefficient (Wildman–Crippen LogP) is -0.411. The van der Waals surface area contributed by atoms with Crippen LogP contribution >= 0.6 is 0 Å². The van der Waals surface area contributed by atoms with E-state index in [1.165, 1.54) is 0 Å². The molecule has 7 heteroatoms. The molecule has 19 heavy (non-hydrogen) atoms. The fourth-order valence-electron chi connectivity index (χ4n) is 0.734. The Morgan fingerprint density at radius 1 is 0.842 bits per heavy atom. The topological polar surface area (TPSA) is 111 Å². The molecule has 0 aliphatic heterocycles. The molecule has 0 saturated heterocycles. The van der Waals surface area contributed by atoms with Crippen molar-refractivity contribution in [3.63, 3.8) is 0 Å². The van der Waals surface area contributed by atoms with Crippen LogP contribution in [0.4, 0.5) is 5.69 Å². The van der Waals surface area contributed by atoms with Gasteiger partial charge in [0.25, 0.3) is 0 Å². The number of carbonyl (C=O) groups excluding carboxylic acids is 5. The third kappa shape index (κ3) is 3.45. The maximum absolute atomic E-state index is 9.96. The Morgan fingerprint density at radius 2 is 1.21 bits per heavy atom. The molecule has 0 heterocycles. The van der Waals surface area contributed by atoms with Crippen LogP contribution in [-0.2, 0) is 33.6 Å². The van der Waals surface area contributed by atoms with Crippen molar-refractivity contribution in [2.45, 2.75) is 6.92 Å². The zero-order valence-electron chi connectivity index (χ0n) is 9.78. The average molecular weight is 303 g/mol. The van der Waals surface area contributed by atoms with E-state index in [0.29, 0.717) is 0 Å². The summed E-state index contributed by atoms with van der Waals surface area (Å²) in [5.74, 6) is 0. The van der Waals surface area contributed by atoms with Crippen molar-refractivity contribution in [3.05, 3.63) is 29.8 Å². The number of nitrogen functional groups attached to an aromatic ring is 1. The normalized spacial score (nSPS) is 9.37. The molecule has 6 nitrogen and oxygen atoms in total. The molecule has 0 aromatic heterocycles. The first kappa shape index (κ1) is 16.4. The summed E-state index contributed by atoms with van der Waals surface area (Å²) in [4.78, 5) is 53.4. The van der Waals surface area contributed by atoms with Crippen LogP contribution in [0.25, 0.3) is 0 Å². The summed E-state index contributed by atoms with van der Waals surface area (Å²) in [7, 11) is -5.33. The number of benzene rings is 1. The molecule has 1 rings (SSSR count). The summed E-state index contributed by atoms with van der Waals surface area (Å²) in [6.07, 6.45) is 0. The Bertz CT molecular complexity index is 863. The van der Waals surface area contributed by atoms with E-state index in [1.807, 2.05) is 31.2 Å². The van der Waals surface area contributed by atoms with Gasteiger partial charge >= 0.3 is 57.5 Å². The van der Waals surface area contributed by atoms with E-state index in [4.69, 9.17) is 5.73 Å².